The second-order valence-electron chi connectivity index (χ2n) is 7.47. The van der Waals surface area contributed by atoms with Crippen molar-refractivity contribution < 1.29 is 13.9 Å². The van der Waals surface area contributed by atoms with E-state index in [0.29, 0.717) is 40.1 Å². The van der Waals surface area contributed by atoms with Gasteiger partial charge in [-0.2, -0.15) is 0 Å². The number of fused-ring (bicyclic) bond motifs is 3. The minimum absolute atomic E-state index is 0.0455. The number of nitrogens with zero attached hydrogens (tertiary/aromatic N) is 2. The summed E-state index contributed by atoms with van der Waals surface area (Å²) in [5.41, 5.74) is 0.917. The van der Waals surface area contributed by atoms with E-state index < -0.39 is 5.82 Å². The molecule has 3 atom stereocenters. The van der Waals surface area contributed by atoms with Gasteiger partial charge in [-0.15, -0.1) is 0 Å². The first-order chi connectivity index (χ1) is 14.1. The fourth-order valence-corrected chi connectivity index (χ4v) is 4.36. The van der Waals surface area contributed by atoms with Gasteiger partial charge in [-0.1, -0.05) is 17.7 Å². The van der Waals surface area contributed by atoms with Crippen molar-refractivity contribution in [1.82, 2.24) is 15.3 Å². The lowest BCUT2D eigenvalue weighted by atomic mass is 9.69. The minimum Gasteiger partial charge on any atom is -0.493 e. The zero-order valence-electron chi connectivity index (χ0n) is 15.8. The molecule has 2 aliphatic rings. The molecular weight excluding hydrogens is 395 g/mol. The first-order valence-corrected chi connectivity index (χ1v) is 9.93. The van der Waals surface area contributed by atoms with E-state index in [-0.39, 0.29) is 16.8 Å². The number of hydrogen-bond acceptors (Lipinski definition) is 6. The number of nitrogens with one attached hydrogen (secondary N) is 2. The summed E-state index contributed by atoms with van der Waals surface area (Å²) in [5, 5.41) is 7.20. The number of hydrogen-bond donors (Lipinski definition) is 2. The normalized spacial score (nSPS) is 22.8. The molecule has 6 nitrogen and oxygen atoms in total. The number of rotatable bonds is 5. The number of aromatic nitrogens is 2. The lowest BCUT2D eigenvalue weighted by molar-refractivity contribution is -0.0455. The number of ether oxygens (including phenoxy) is 2. The second-order valence-corrected chi connectivity index (χ2v) is 7.87. The molecule has 0 radical (unpaired) electrons. The summed E-state index contributed by atoms with van der Waals surface area (Å²) in [6.07, 6.45) is 2.79. The van der Waals surface area contributed by atoms with Crippen LogP contribution in [0.5, 0.6) is 11.5 Å². The van der Waals surface area contributed by atoms with Gasteiger partial charge in [0.05, 0.1) is 23.3 Å². The third-order valence-corrected chi connectivity index (χ3v) is 6.03. The molecule has 0 spiro atoms. The molecule has 1 aliphatic carbocycles. The molecule has 1 aromatic heterocycles. The Labute approximate surface area is 172 Å². The Kier molecular flexibility index (Phi) is 4.64. The van der Waals surface area contributed by atoms with Crippen LogP contribution in [0.1, 0.15) is 6.42 Å². The summed E-state index contributed by atoms with van der Waals surface area (Å²) in [6.45, 7) is 1.95. The van der Waals surface area contributed by atoms with Gasteiger partial charge in [0.2, 0.25) is 0 Å². The van der Waals surface area contributed by atoms with Gasteiger partial charge >= 0.3 is 0 Å². The monoisotopic (exact) mass is 414 g/mol. The van der Waals surface area contributed by atoms with E-state index in [1.54, 1.807) is 19.2 Å². The molecule has 29 heavy (non-hydrogen) atoms. The van der Waals surface area contributed by atoms with E-state index in [0.717, 1.165) is 13.1 Å². The van der Waals surface area contributed by atoms with Crippen LogP contribution in [0, 0.1) is 17.7 Å². The maximum Gasteiger partial charge on any atom is 0.165 e. The smallest absolute Gasteiger partial charge is 0.165 e. The molecule has 8 heteroatoms. The van der Waals surface area contributed by atoms with Crippen molar-refractivity contribution in [3.8, 4) is 11.5 Å². The van der Waals surface area contributed by atoms with Crippen molar-refractivity contribution in [2.45, 2.75) is 12.5 Å². The summed E-state index contributed by atoms with van der Waals surface area (Å²) >= 11 is 5.90. The highest BCUT2D eigenvalue weighted by Gasteiger charge is 2.45. The Morgan fingerprint density at radius 3 is 2.76 bits per heavy atom. The summed E-state index contributed by atoms with van der Waals surface area (Å²) in [6, 6.07) is 8.47. The van der Waals surface area contributed by atoms with Crippen molar-refractivity contribution in [2.75, 3.05) is 25.5 Å². The molecule has 2 heterocycles. The van der Waals surface area contributed by atoms with Crippen LogP contribution in [-0.4, -0.2) is 36.3 Å². The zero-order chi connectivity index (χ0) is 20.0. The molecule has 2 aromatic carbocycles. The number of anilines is 2. The number of halogens is 2. The summed E-state index contributed by atoms with van der Waals surface area (Å²) in [7, 11) is 1.61. The molecule has 5 rings (SSSR count). The van der Waals surface area contributed by atoms with E-state index >= 15 is 0 Å². The average molecular weight is 415 g/mol. The molecular formula is C21H20ClFN4O2. The van der Waals surface area contributed by atoms with Crippen LogP contribution >= 0.6 is 11.6 Å². The molecule has 1 saturated heterocycles. The standard InChI is InChI=1S/C21H20ClFN4O2/c1-28-17-7-16-13(6-18(17)29-20-11-5-12(20)9-24-8-11)21(26-10-25-16)27-15-4-2-3-14(22)19(15)23/h2-4,6-7,10-12,20,24H,5,8-9H2,1H3,(H,25,26,27)/t11-,12+,20?. The van der Waals surface area contributed by atoms with Crippen molar-refractivity contribution in [1.29, 1.82) is 0 Å². The molecule has 1 aliphatic heterocycles. The van der Waals surface area contributed by atoms with Gasteiger partial charge in [0, 0.05) is 36.4 Å². The highest BCUT2D eigenvalue weighted by Crippen LogP contribution is 2.43. The molecule has 0 amide bonds. The van der Waals surface area contributed by atoms with Gasteiger partial charge < -0.3 is 20.1 Å². The Balaban J connectivity index is 1.53. The SMILES string of the molecule is COc1cc2ncnc(Nc3cccc(Cl)c3F)c2cc1OC1[C@@H]2CNC[C@H]1C2. The van der Waals surface area contributed by atoms with E-state index in [4.69, 9.17) is 21.1 Å². The molecule has 2 bridgehead atoms. The van der Waals surface area contributed by atoms with E-state index in [1.807, 2.05) is 12.1 Å². The quantitative estimate of drug-likeness (QED) is 0.653. The maximum atomic E-state index is 14.4. The number of methoxy groups -OCH3 is 1. The molecule has 3 aromatic rings. The van der Waals surface area contributed by atoms with Gasteiger partial charge in [0.25, 0.3) is 0 Å². The Bertz CT molecular complexity index is 1070. The molecule has 1 saturated carbocycles. The fourth-order valence-electron chi connectivity index (χ4n) is 4.18. The van der Waals surface area contributed by atoms with Crippen LogP contribution < -0.4 is 20.1 Å². The van der Waals surface area contributed by atoms with Crippen molar-refractivity contribution in [3.05, 3.63) is 47.5 Å². The van der Waals surface area contributed by atoms with Crippen LogP contribution in [0.25, 0.3) is 10.9 Å². The third-order valence-electron chi connectivity index (χ3n) is 5.74. The lowest BCUT2D eigenvalue weighted by Crippen LogP contribution is -2.59. The molecule has 150 valence electrons. The van der Waals surface area contributed by atoms with Gasteiger partial charge in [-0.05, 0) is 24.6 Å². The topological polar surface area (TPSA) is 68.3 Å². The Hall–Kier alpha value is -2.64. The van der Waals surface area contributed by atoms with Gasteiger partial charge in [0.15, 0.2) is 17.3 Å². The number of benzene rings is 2. The van der Waals surface area contributed by atoms with Crippen LogP contribution in [0.4, 0.5) is 15.9 Å². The first-order valence-electron chi connectivity index (χ1n) is 9.55. The summed E-state index contributed by atoms with van der Waals surface area (Å²) in [4.78, 5) is 8.63. The molecule has 1 unspecified atom stereocenters. The van der Waals surface area contributed by atoms with Crippen LogP contribution in [-0.2, 0) is 0 Å². The third kappa shape index (κ3) is 3.24. The highest BCUT2D eigenvalue weighted by atomic mass is 35.5. The van der Waals surface area contributed by atoms with Crippen molar-refractivity contribution >= 4 is 34.0 Å². The fraction of sp³-hybridized carbons (Fsp3) is 0.333. The van der Waals surface area contributed by atoms with Crippen LogP contribution in [0.2, 0.25) is 5.02 Å². The number of piperidine rings is 2. The second kappa shape index (κ2) is 7.31. The largest absolute Gasteiger partial charge is 0.493 e. The van der Waals surface area contributed by atoms with Crippen molar-refractivity contribution in [2.24, 2.45) is 11.8 Å². The summed E-state index contributed by atoms with van der Waals surface area (Å²) < 4.78 is 26.2. The predicted octanol–water partition coefficient (Wildman–Crippen LogP) is 4.16. The average Bonchev–Trinajstić information content (AvgIpc) is 2.75. The van der Waals surface area contributed by atoms with Crippen LogP contribution in [0.3, 0.4) is 0 Å². The maximum absolute atomic E-state index is 14.4. The summed E-state index contributed by atoms with van der Waals surface area (Å²) in [5.74, 6) is 2.23. The van der Waals surface area contributed by atoms with Gasteiger partial charge in [0.1, 0.15) is 18.2 Å². The zero-order valence-corrected chi connectivity index (χ0v) is 16.5. The highest BCUT2D eigenvalue weighted by molar-refractivity contribution is 6.31. The lowest BCUT2D eigenvalue weighted by Gasteiger charge is -2.49. The first kappa shape index (κ1) is 18.4. The predicted molar refractivity (Wildman–Crippen MR) is 110 cm³/mol. The Morgan fingerprint density at radius 2 is 2.00 bits per heavy atom. The van der Waals surface area contributed by atoms with E-state index in [2.05, 4.69) is 20.6 Å². The van der Waals surface area contributed by atoms with Gasteiger partial charge in [-0.3, -0.25) is 0 Å². The molecule has 2 fully saturated rings. The van der Waals surface area contributed by atoms with E-state index in [9.17, 15) is 4.39 Å². The minimum atomic E-state index is -0.527. The molecule has 2 N–H and O–H groups in total. The van der Waals surface area contributed by atoms with Gasteiger partial charge in [-0.25, -0.2) is 14.4 Å². The van der Waals surface area contributed by atoms with E-state index in [1.165, 1.54) is 18.8 Å². The Morgan fingerprint density at radius 1 is 1.17 bits per heavy atom. The van der Waals surface area contributed by atoms with Crippen molar-refractivity contribution in [3.63, 3.8) is 0 Å². The van der Waals surface area contributed by atoms with Crippen LogP contribution in [0.15, 0.2) is 36.7 Å².